The molecule has 0 radical (unpaired) electrons. The number of hydrogen-bond donors (Lipinski definition) is 1. The number of hydrogen-bond acceptors (Lipinski definition) is 4. The van der Waals surface area contributed by atoms with Crippen LogP contribution in [0.4, 0.5) is 0 Å². The lowest BCUT2D eigenvalue weighted by Crippen LogP contribution is -2.34. The van der Waals surface area contributed by atoms with Crippen LogP contribution in [0.2, 0.25) is 5.02 Å². The lowest BCUT2D eigenvalue weighted by Gasteiger charge is -2.15. The molecule has 2 heterocycles. The molecule has 0 bridgehead atoms. The van der Waals surface area contributed by atoms with E-state index in [9.17, 15) is 9.59 Å². The summed E-state index contributed by atoms with van der Waals surface area (Å²) in [6.45, 7) is 0.492. The molecular weight excluding hydrogens is 486 g/mol. The standard InChI is InChI=1S/C26H24ClN3O2S2/c27-19-10-6-9-18(15-19)23-24-29(16-22(31)28-14-13-17-7-2-1-3-8-17)25(32)20-11-4-5-12-21(20)30(24)26(33)34-23/h4-7,9-12,15H,1-3,8,13-14,16H2,(H,28,31). The lowest BCUT2D eigenvalue weighted by molar-refractivity contribution is -0.121. The number of thiazole rings is 1. The van der Waals surface area contributed by atoms with E-state index in [1.54, 1.807) is 16.7 Å². The lowest BCUT2D eigenvalue weighted by atomic mass is 9.97. The fraction of sp³-hybridized carbons (Fsp3) is 0.269. The first-order valence-corrected chi connectivity index (χ1v) is 13.0. The summed E-state index contributed by atoms with van der Waals surface area (Å²) >= 11 is 13.4. The molecule has 8 heteroatoms. The smallest absolute Gasteiger partial charge is 0.262 e. The monoisotopic (exact) mass is 509 g/mol. The number of benzene rings is 2. The van der Waals surface area contributed by atoms with Crippen LogP contribution in [0.3, 0.4) is 0 Å². The van der Waals surface area contributed by atoms with Gasteiger partial charge >= 0.3 is 0 Å². The third-order valence-electron chi connectivity index (χ3n) is 6.20. The Morgan fingerprint density at radius 2 is 2.00 bits per heavy atom. The second-order valence-corrected chi connectivity index (χ2v) is 10.6. The van der Waals surface area contributed by atoms with Crippen LogP contribution in [-0.4, -0.2) is 21.4 Å². The van der Waals surface area contributed by atoms with Crippen molar-refractivity contribution in [1.29, 1.82) is 0 Å². The maximum atomic E-state index is 13.6. The zero-order valence-corrected chi connectivity index (χ0v) is 20.9. The van der Waals surface area contributed by atoms with Gasteiger partial charge in [0.05, 0.1) is 15.8 Å². The van der Waals surface area contributed by atoms with E-state index in [1.807, 2.05) is 40.8 Å². The minimum absolute atomic E-state index is 0.0781. The summed E-state index contributed by atoms with van der Waals surface area (Å²) in [6, 6.07) is 14.8. The molecule has 5 rings (SSSR count). The van der Waals surface area contributed by atoms with Gasteiger partial charge in [-0.05, 0) is 74.2 Å². The Morgan fingerprint density at radius 1 is 1.15 bits per heavy atom. The van der Waals surface area contributed by atoms with Gasteiger partial charge in [0.15, 0.2) is 3.95 Å². The highest BCUT2D eigenvalue weighted by atomic mass is 35.5. The van der Waals surface area contributed by atoms with E-state index in [1.165, 1.54) is 29.8 Å². The van der Waals surface area contributed by atoms with Crippen molar-refractivity contribution in [2.75, 3.05) is 6.54 Å². The number of rotatable bonds is 6. The number of nitrogens with one attached hydrogen (secondary N) is 1. The molecule has 174 valence electrons. The van der Waals surface area contributed by atoms with Crippen molar-refractivity contribution in [3.63, 3.8) is 0 Å². The molecule has 1 N–H and O–H groups in total. The number of carbonyl (C=O) groups excluding carboxylic acids is 1. The third kappa shape index (κ3) is 4.48. The fourth-order valence-electron chi connectivity index (χ4n) is 4.57. The van der Waals surface area contributed by atoms with Gasteiger partial charge in [-0.25, -0.2) is 0 Å². The van der Waals surface area contributed by atoms with E-state index in [0.717, 1.165) is 35.2 Å². The largest absolute Gasteiger partial charge is 0.354 e. The molecule has 5 nitrogen and oxygen atoms in total. The molecule has 0 saturated carbocycles. The topological polar surface area (TPSA) is 55.5 Å². The molecule has 34 heavy (non-hydrogen) atoms. The van der Waals surface area contributed by atoms with E-state index in [4.69, 9.17) is 23.8 Å². The SMILES string of the molecule is O=C(Cn1c(=O)c2ccccc2n2c(=S)sc(-c3cccc(Cl)c3)c12)NCCC1=CCCCC1. The van der Waals surface area contributed by atoms with Crippen molar-refractivity contribution < 1.29 is 4.79 Å². The van der Waals surface area contributed by atoms with Crippen LogP contribution in [0.5, 0.6) is 0 Å². The van der Waals surface area contributed by atoms with Gasteiger partial charge < -0.3 is 5.32 Å². The Labute approximate surface area is 211 Å². The maximum absolute atomic E-state index is 13.6. The van der Waals surface area contributed by atoms with Crippen LogP contribution in [0.15, 0.2) is 65.0 Å². The minimum atomic E-state index is -0.211. The van der Waals surface area contributed by atoms with Gasteiger partial charge in [-0.1, -0.05) is 47.5 Å². The molecule has 1 aliphatic rings. The normalized spacial score (nSPS) is 13.9. The summed E-state index contributed by atoms with van der Waals surface area (Å²) in [6.07, 6.45) is 7.84. The molecule has 2 aromatic carbocycles. The molecule has 0 spiro atoms. The first kappa shape index (κ1) is 23.0. The minimum Gasteiger partial charge on any atom is -0.354 e. The zero-order valence-electron chi connectivity index (χ0n) is 18.6. The number of halogens is 1. The number of para-hydroxylation sites is 1. The third-order valence-corrected chi connectivity index (χ3v) is 7.85. The highest BCUT2D eigenvalue weighted by Crippen LogP contribution is 2.34. The van der Waals surface area contributed by atoms with Crippen LogP contribution in [0.1, 0.15) is 32.1 Å². The molecule has 0 saturated heterocycles. The van der Waals surface area contributed by atoms with E-state index >= 15 is 0 Å². The number of carbonyl (C=O) groups is 1. The highest BCUT2D eigenvalue weighted by Gasteiger charge is 2.20. The van der Waals surface area contributed by atoms with Crippen molar-refractivity contribution >= 4 is 57.6 Å². The van der Waals surface area contributed by atoms with Crippen LogP contribution >= 0.6 is 35.2 Å². The predicted molar refractivity (Wildman–Crippen MR) is 142 cm³/mol. The Hall–Kier alpha value is -2.74. The first-order valence-electron chi connectivity index (χ1n) is 11.4. The average molecular weight is 510 g/mol. The fourth-order valence-corrected chi connectivity index (χ4v) is 6.18. The van der Waals surface area contributed by atoms with Gasteiger partial charge in [-0.2, -0.15) is 0 Å². The van der Waals surface area contributed by atoms with Gasteiger partial charge in [0.2, 0.25) is 5.91 Å². The van der Waals surface area contributed by atoms with Crippen molar-refractivity contribution in [1.82, 2.24) is 14.3 Å². The van der Waals surface area contributed by atoms with Crippen molar-refractivity contribution in [2.45, 2.75) is 38.6 Å². The number of nitrogens with zero attached hydrogens (tertiary/aromatic N) is 2. The summed E-state index contributed by atoms with van der Waals surface area (Å²) in [5.41, 5.74) is 3.41. The van der Waals surface area contributed by atoms with Crippen molar-refractivity contribution in [3.05, 3.63) is 79.5 Å². The molecule has 2 aromatic heterocycles. The number of fused-ring (bicyclic) bond motifs is 3. The number of amides is 1. The Balaban J connectivity index is 1.57. The first-order chi connectivity index (χ1) is 16.5. The second kappa shape index (κ2) is 9.86. The molecule has 1 amide bonds. The predicted octanol–water partition coefficient (Wildman–Crippen LogP) is 6.37. The molecule has 0 aliphatic heterocycles. The van der Waals surface area contributed by atoms with E-state index in [2.05, 4.69) is 11.4 Å². The van der Waals surface area contributed by atoms with Gasteiger partial charge in [-0.15, -0.1) is 11.3 Å². The second-order valence-electron chi connectivity index (χ2n) is 8.48. The summed E-state index contributed by atoms with van der Waals surface area (Å²) in [5.74, 6) is -0.190. The van der Waals surface area contributed by atoms with E-state index in [0.29, 0.717) is 26.6 Å². The van der Waals surface area contributed by atoms with Gasteiger partial charge in [0.25, 0.3) is 5.56 Å². The molecule has 0 atom stereocenters. The van der Waals surface area contributed by atoms with Crippen LogP contribution in [0.25, 0.3) is 27.0 Å². The Bertz CT molecular complexity index is 1550. The van der Waals surface area contributed by atoms with E-state index < -0.39 is 0 Å². The summed E-state index contributed by atoms with van der Waals surface area (Å²) in [7, 11) is 0. The number of allylic oxidation sites excluding steroid dienone is 1. The summed E-state index contributed by atoms with van der Waals surface area (Å²) in [5, 5.41) is 4.13. The average Bonchev–Trinajstić information content (AvgIpc) is 3.19. The Morgan fingerprint density at radius 3 is 2.79 bits per heavy atom. The molecule has 0 unspecified atom stereocenters. The van der Waals surface area contributed by atoms with E-state index in [-0.39, 0.29) is 18.0 Å². The highest BCUT2D eigenvalue weighted by molar-refractivity contribution is 7.73. The molecular formula is C26H24ClN3O2S2. The van der Waals surface area contributed by atoms with Gasteiger partial charge in [-0.3, -0.25) is 18.6 Å². The zero-order chi connectivity index (χ0) is 23.7. The number of aromatic nitrogens is 2. The van der Waals surface area contributed by atoms with Gasteiger partial charge in [0.1, 0.15) is 12.2 Å². The Kier molecular flexibility index (Phi) is 6.68. The summed E-state index contributed by atoms with van der Waals surface area (Å²) < 4.78 is 4.05. The van der Waals surface area contributed by atoms with Gasteiger partial charge in [0, 0.05) is 11.6 Å². The molecule has 1 aliphatic carbocycles. The van der Waals surface area contributed by atoms with Crippen molar-refractivity contribution in [3.8, 4) is 10.4 Å². The van der Waals surface area contributed by atoms with Crippen LogP contribution < -0.4 is 10.9 Å². The summed E-state index contributed by atoms with van der Waals surface area (Å²) in [4.78, 5) is 27.3. The van der Waals surface area contributed by atoms with Crippen LogP contribution in [-0.2, 0) is 11.3 Å². The molecule has 4 aromatic rings. The van der Waals surface area contributed by atoms with Crippen molar-refractivity contribution in [2.24, 2.45) is 0 Å². The molecule has 0 fully saturated rings. The van der Waals surface area contributed by atoms with Crippen LogP contribution in [0, 0.1) is 3.95 Å². The quantitative estimate of drug-likeness (QED) is 0.242. The maximum Gasteiger partial charge on any atom is 0.262 e.